The lowest BCUT2D eigenvalue weighted by Crippen LogP contribution is -2.39. The minimum absolute atomic E-state index is 0.641. The van der Waals surface area contributed by atoms with Crippen LogP contribution in [-0.2, 0) is 0 Å². The summed E-state index contributed by atoms with van der Waals surface area (Å²) in [5, 5.41) is 3.59. The molecule has 2 heteroatoms. The molecule has 0 amide bonds. The summed E-state index contributed by atoms with van der Waals surface area (Å²) in [6, 6.07) is 1.50. The zero-order valence-corrected chi connectivity index (χ0v) is 10.9. The molecule has 1 aliphatic rings. The predicted octanol–water partition coefficient (Wildman–Crippen LogP) is 2.49. The number of hydrogen-bond donors (Lipinski definition) is 1. The molecule has 1 N–H and O–H groups in total. The molecule has 1 unspecified atom stereocenters. The first-order valence-corrected chi connectivity index (χ1v) is 6.55. The second kappa shape index (κ2) is 6.49. The minimum Gasteiger partial charge on any atom is -0.313 e. The third-order valence-corrected chi connectivity index (χ3v) is 3.88. The maximum Gasteiger partial charge on any atom is 0.0107 e. The quantitative estimate of drug-likeness (QED) is 0.728. The molecule has 0 bridgehead atoms. The van der Waals surface area contributed by atoms with Gasteiger partial charge < -0.3 is 10.2 Å². The molecule has 0 aromatic rings. The van der Waals surface area contributed by atoms with E-state index < -0.39 is 0 Å². The van der Waals surface area contributed by atoms with E-state index in [1.807, 2.05) is 0 Å². The monoisotopic (exact) mass is 212 g/mol. The highest BCUT2D eigenvalue weighted by Gasteiger charge is 2.18. The standard InChI is InChI=1S/C13H28N2/c1-11(2)12(3)14-9-10-15(4)13-7-5-6-8-13/h11-14H,5-10H2,1-4H3. The summed E-state index contributed by atoms with van der Waals surface area (Å²) >= 11 is 0. The Kier molecular flexibility index (Phi) is 5.62. The van der Waals surface area contributed by atoms with Crippen LogP contribution >= 0.6 is 0 Å². The van der Waals surface area contributed by atoms with Gasteiger partial charge in [0, 0.05) is 25.2 Å². The Balaban J connectivity index is 2.08. The van der Waals surface area contributed by atoms with Crippen LogP contribution in [0.5, 0.6) is 0 Å². The average Bonchev–Trinajstić information content (AvgIpc) is 2.70. The number of nitrogens with zero attached hydrogens (tertiary/aromatic N) is 1. The summed E-state index contributed by atoms with van der Waals surface area (Å²) in [4.78, 5) is 2.53. The summed E-state index contributed by atoms with van der Waals surface area (Å²) < 4.78 is 0. The zero-order valence-electron chi connectivity index (χ0n) is 10.9. The third-order valence-electron chi connectivity index (χ3n) is 3.88. The first-order valence-electron chi connectivity index (χ1n) is 6.55. The van der Waals surface area contributed by atoms with Crippen LogP contribution in [0, 0.1) is 5.92 Å². The van der Waals surface area contributed by atoms with Crippen LogP contribution in [0.1, 0.15) is 46.5 Å². The number of likely N-dealkylation sites (N-methyl/N-ethyl adjacent to an activating group) is 1. The predicted molar refractivity (Wildman–Crippen MR) is 67.2 cm³/mol. The van der Waals surface area contributed by atoms with Crippen molar-refractivity contribution in [2.75, 3.05) is 20.1 Å². The second-order valence-corrected chi connectivity index (χ2v) is 5.41. The third kappa shape index (κ3) is 4.52. The van der Waals surface area contributed by atoms with Crippen molar-refractivity contribution in [1.29, 1.82) is 0 Å². The van der Waals surface area contributed by atoms with Gasteiger partial charge in [0.15, 0.2) is 0 Å². The van der Waals surface area contributed by atoms with Gasteiger partial charge in [-0.05, 0) is 32.7 Å². The van der Waals surface area contributed by atoms with E-state index in [1.165, 1.54) is 32.2 Å². The van der Waals surface area contributed by atoms with Crippen molar-refractivity contribution in [3.8, 4) is 0 Å². The van der Waals surface area contributed by atoms with Gasteiger partial charge in [-0.1, -0.05) is 26.7 Å². The Labute approximate surface area is 95.4 Å². The fraction of sp³-hybridized carbons (Fsp3) is 1.00. The normalized spacial score (nSPS) is 20.4. The SMILES string of the molecule is CC(C)C(C)NCCN(C)C1CCCC1. The molecule has 2 nitrogen and oxygen atoms in total. The van der Waals surface area contributed by atoms with Crippen LogP contribution in [-0.4, -0.2) is 37.1 Å². The Bertz CT molecular complexity index is 162. The molecule has 0 heterocycles. The van der Waals surface area contributed by atoms with Gasteiger partial charge in [0.05, 0.1) is 0 Å². The highest BCUT2D eigenvalue weighted by Crippen LogP contribution is 2.21. The van der Waals surface area contributed by atoms with Gasteiger partial charge >= 0.3 is 0 Å². The van der Waals surface area contributed by atoms with Crippen molar-refractivity contribution < 1.29 is 0 Å². The van der Waals surface area contributed by atoms with Gasteiger partial charge in [-0.15, -0.1) is 0 Å². The first kappa shape index (κ1) is 13.0. The van der Waals surface area contributed by atoms with Gasteiger partial charge in [-0.25, -0.2) is 0 Å². The Morgan fingerprint density at radius 1 is 1.20 bits per heavy atom. The molecule has 0 spiro atoms. The molecule has 1 saturated carbocycles. The van der Waals surface area contributed by atoms with E-state index in [0.29, 0.717) is 6.04 Å². The van der Waals surface area contributed by atoms with E-state index in [0.717, 1.165) is 18.5 Å². The molecule has 1 fully saturated rings. The molecule has 0 aliphatic heterocycles. The van der Waals surface area contributed by atoms with Gasteiger partial charge in [0.25, 0.3) is 0 Å². The summed E-state index contributed by atoms with van der Waals surface area (Å²) in [7, 11) is 2.28. The molecule has 0 radical (unpaired) electrons. The molecule has 1 rings (SSSR count). The largest absolute Gasteiger partial charge is 0.313 e. The van der Waals surface area contributed by atoms with Crippen molar-refractivity contribution in [2.24, 2.45) is 5.92 Å². The Hall–Kier alpha value is -0.0800. The molecule has 0 aromatic heterocycles. The van der Waals surface area contributed by atoms with Crippen LogP contribution < -0.4 is 5.32 Å². The van der Waals surface area contributed by atoms with E-state index in [4.69, 9.17) is 0 Å². The van der Waals surface area contributed by atoms with Gasteiger partial charge in [0.2, 0.25) is 0 Å². The van der Waals surface area contributed by atoms with Crippen LogP contribution in [0.3, 0.4) is 0 Å². The van der Waals surface area contributed by atoms with E-state index in [-0.39, 0.29) is 0 Å². The number of nitrogens with one attached hydrogen (secondary N) is 1. The fourth-order valence-electron chi connectivity index (χ4n) is 2.23. The fourth-order valence-corrected chi connectivity index (χ4v) is 2.23. The van der Waals surface area contributed by atoms with Gasteiger partial charge in [-0.3, -0.25) is 0 Å². The lowest BCUT2D eigenvalue weighted by molar-refractivity contribution is 0.239. The topological polar surface area (TPSA) is 15.3 Å². The van der Waals surface area contributed by atoms with Crippen molar-refractivity contribution in [3.05, 3.63) is 0 Å². The van der Waals surface area contributed by atoms with Crippen LogP contribution in [0.25, 0.3) is 0 Å². The number of hydrogen-bond acceptors (Lipinski definition) is 2. The molecule has 1 aliphatic carbocycles. The Morgan fingerprint density at radius 3 is 2.33 bits per heavy atom. The molecular formula is C13H28N2. The van der Waals surface area contributed by atoms with Crippen LogP contribution in [0.4, 0.5) is 0 Å². The van der Waals surface area contributed by atoms with Crippen molar-refractivity contribution in [2.45, 2.75) is 58.5 Å². The summed E-state index contributed by atoms with van der Waals surface area (Å²) in [5.41, 5.74) is 0. The molecule has 0 aromatic carbocycles. The van der Waals surface area contributed by atoms with Crippen molar-refractivity contribution >= 4 is 0 Å². The molecule has 1 atom stereocenters. The lowest BCUT2D eigenvalue weighted by Gasteiger charge is -2.25. The zero-order chi connectivity index (χ0) is 11.3. The van der Waals surface area contributed by atoms with E-state index >= 15 is 0 Å². The molecule has 0 saturated heterocycles. The molecular weight excluding hydrogens is 184 g/mol. The van der Waals surface area contributed by atoms with E-state index in [1.54, 1.807) is 0 Å². The minimum atomic E-state index is 0.641. The van der Waals surface area contributed by atoms with Crippen molar-refractivity contribution in [3.63, 3.8) is 0 Å². The van der Waals surface area contributed by atoms with E-state index in [9.17, 15) is 0 Å². The van der Waals surface area contributed by atoms with Gasteiger partial charge in [0.1, 0.15) is 0 Å². The van der Waals surface area contributed by atoms with Gasteiger partial charge in [-0.2, -0.15) is 0 Å². The summed E-state index contributed by atoms with van der Waals surface area (Å²) in [5.74, 6) is 0.738. The van der Waals surface area contributed by atoms with Crippen molar-refractivity contribution in [1.82, 2.24) is 10.2 Å². The Morgan fingerprint density at radius 2 is 1.80 bits per heavy atom. The first-order chi connectivity index (χ1) is 7.11. The maximum absolute atomic E-state index is 3.59. The van der Waals surface area contributed by atoms with Crippen LogP contribution in [0.15, 0.2) is 0 Å². The van der Waals surface area contributed by atoms with E-state index in [2.05, 4.69) is 38.0 Å². The average molecular weight is 212 g/mol. The summed E-state index contributed by atoms with van der Waals surface area (Å²) in [6.45, 7) is 9.16. The highest BCUT2D eigenvalue weighted by atomic mass is 15.1. The lowest BCUT2D eigenvalue weighted by atomic mass is 10.1. The number of rotatable bonds is 6. The molecule has 90 valence electrons. The molecule has 15 heavy (non-hydrogen) atoms. The van der Waals surface area contributed by atoms with Crippen LogP contribution in [0.2, 0.25) is 0 Å². The maximum atomic E-state index is 3.59. The highest BCUT2D eigenvalue weighted by molar-refractivity contribution is 4.76. The summed E-state index contributed by atoms with van der Waals surface area (Å²) in [6.07, 6.45) is 5.70. The smallest absolute Gasteiger partial charge is 0.0107 e. The second-order valence-electron chi connectivity index (χ2n) is 5.41.